The van der Waals surface area contributed by atoms with Crippen molar-refractivity contribution in [2.75, 3.05) is 6.54 Å². The highest BCUT2D eigenvalue weighted by Crippen LogP contribution is 1.87. The van der Waals surface area contributed by atoms with Gasteiger partial charge in [-0.1, -0.05) is 0 Å². The van der Waals surface area contributed by atoms with Crippen molar-refractivity contribution in [3.63, 3.8) is 0 Å². The first-order valence-electron chi connectivity index (χ1n) is 6.16. The molecule has 0 heterocycles. The van der Waals surface area contributed by atoms with E-state index in [0.717, 1.165) is 0 Å². The molecule has 1 atom stereocenters. The van der Waals surface area contributed by atoms with E-state index in [-0.39, 0.29) is 29.9 Å². The predicted octanol–water partition coefficient (Wildman–Crippen LogP) is 0.404. The zero-order valence-corrected chi connectivity index (χ0v) is 11.5. The second kappa shape index (κ2) is 8.06. The van der Waals surface area contributed by atoms with Gasteiger partial charge < -0.3 is 16.0 Å². The molecule has 0 fully saturated rings. The van der Waals surface area contributed by atoms with Crippen LogP contribution in [0.3, 0.4) is 0 Å². The van der Waals surface area contributed by atoms with Crippen molar-refractivity contribution in [1.82, 2.24) is 16.0 Å². The van der Waals surface area contributed by atoms with Crippen LogP contribution < -0.4 is 16.0 Å². The number of carbonyl (C=O) groups is 2. The lowest BCUT2D eigenvalue weighted by Crippen LogP contribution is -2.45. The molecule has 0 rings (SSSR count). The van der Waals surface area contributed by atoms with Gasteiger partial charge in [0.1, 0.15) is 0 Å². The minimum atomic E-state index is -0.274. The van der Waals surface area contributed by atoms with E-state index < -0.39 is 0 Å². The molecular formula is C12H25N3O2. The van der Waals surface area contributed by atoms with Crippen LogP contribution in [0.5, 0.6) is 0 Å². The van der Waals surface area contributed by atoms with Gasteiger partial charge in [-0.3, -0.25) is 9.59 Å². The smallest absolute Gasteiger partial charge is 0.237 e. The van der Waals surface area contributed by atoms with Crippen molar-refractivity contribution in [1.29, 1.82) is 0 Å². The summed E-state index contributed by atoms with van der Waals surface area (Å²) in [4.78, 5) is 22.9. The molecule has 0 aromatic carbocycles. The molecule has 2 amide bonds. The van der Waals surface area contributed by atoms with Gasteiger partial charge in [-0.05, 0) is 34.6 Å². The van der Waals surface area contributed by atoms with E-state index >= 15 is 0 Å². The van der Waals surface area contributed by atoms with Gasteiger partial charge in [0, 0.05) is 25.0 Å². The van der Waals surface area contributed by atoms with E-state index in [9.17, 15) is 9.59 Å². The summed E-state index contributed by atoms with van der Waals surface area (Å²) in [5.41, 5.74) is 0. The zero-order chi connectivity index (χ0) is 13.4. The summed E-state index contributed by atoms with van der Waals surface area (Å²) in [5, 5.41) is 8.63. The Bertz CT molecular complexity index is 252. The minimum absolute atomic E-state index is 0.00367. The predicted molar refractivity (Wildman–Crippen MR) is 68.6 cm³/mol. The van der Waals surface area contributed by atoms with Gasteiger partial charge in [0.2, 0.25) is 11.8 Å². The second-order valence-corrected chi connectivity index (χ2v) is 4.81. The monoisotopic (exact) mass is 243 g/mol. The lowest BCUT2D eigenvalue weighted by atomic mass is 10.2. The zero-order valence-electron chi connectivity index (χ0n) is 11.5. The number of hydrogen-bond donors (Lipinski definition) is 3. The Labute approximate surface area is 104 Å². The number of hydrogen-bond acceptors (Lipinski definition) is 3. The Morgan fingerprint density at radius 3 is 1.94 bits per heavy atom. The van der Waals surface area contributed by atoms with Crippen LogP contribution in [0.1, 0.15) is 41.0 Å². The van der Waals surface area contributed by atoms with Crippen molar-refractivity contribution in [2.24, 2.45) is 0 Å². The Balaban J connectivity index is 3.74. The van der Waals surface area contributed by atoms with Crippen LogP contribution in [0.15, 0.2) is 0 Å². The van der Waals surface area contributed by atoms with Crippen LogP contribution in [-0.2, 0) is 9.59 Å². The molecule has 3 N–H and O–H groups in total. The van der Waals surface area contributed by atoms with Gasteiger partial charge in [-0.2, -0.15) is 0 Å². The van der Waals surface area contributed by atoms with E-state index in [1.807, 2.05) is 27.7 Å². The summed E-state index contributed by atoms with van der Waals surface area (Å²) in [6.45, 7) is 9.97. The van der Waals surface area contributed by atoms with Crippen LogP contribution in [-0.4, -0.2) is 36.5 Å². The first kappa shape index (κ1) is 15.9. The minimum Gasteiger partial charge on any atom is -0.354 e. The molecule has 0 aliphatic carbocycles. The molecule has 17 heavy (non-hydrogen) atoms. The molecule has 1 unspecified atom stereocenters. The van der Waals surface area contributed by atoms with Crippen LogP contribution in [0.2, 0.25) is 0 Å². The third-order valence-electron chi connectivity index (χ3n) is 2.08. The molecule has 0 saturated heterocycles. The highest BCUT2D eigenvalue weighted by Gasteiger charge is 2.13. The molecule has 0 aliphatic heterocycles. The number of nitrogens with one attached hydrogen (secondary N) is 3. The Morgan fingerprint density at radius 1 is 0.941 bits per heavy atom. The van der Waals surface area contributed by atoms with E-state index in [2.05, 4.69) is 16.0 Å². The van der Waals surface area contributed by atoms with Crippen LogP contribution in [0.4, 0.5) is 0 Å². The highest BCUT2D eigenvalue weighted by molar-refractivity contribution is 5.81. The third-order valence-corrected chi connectivity index (χ3v) is 2.08. The SMILES string of the molecule is CC(C)NC(=O)CCNC(C)C(=O)NC(C)C. The molecule has 0 radical (unpaired) electrons. The first-order chi connectivity index (χ1) is 7.82. The highest BCUT2D eigenvalue weighted by atomic mass is 16.2. The van der Waals surface area contributed by atoms with E-state index in [1.54, 1.807) is 6.92 Å². The molecule has 0 aliphatic rings. The van der Waals surface area contributed by atoms with Crippen LogP contribution in [0.25, 0.3) is 0 Å². The van der Waals surface area contributed by atoms with E-state index in [4.69, 9.17) is 0 Å². The Kier molecular flexibility index (Phi) is 7.54. The average molecular weight is 243 g/mol. The van der Waals surface area contributed by atoms with Gasteiger partial charge >= 0.3 is 0 Å². The number of amides is 2. The third kappa shape index (κ3) is 8.68. The van der Waals surface area contributed by atoms with Gasteiger partial charge in [0.25, 0.3) is 0 Å². The molecular weight excluding hydrogens is 218 g/mol. The summed E-state index contributed by atoms with van der Waals surface area (Å²) >= 11 is 0. The summed E-state index contributed by atoms with van der Waals surface area (Å²) in [6, 6.07) is 0.0180. The maximum atomic E-state index is 11.5. The Morgan fingerprint density at radius 2 is 1.47 bits per heavy atom. The number of carbonyl (C=O) groups excluding carboxylic acids is 2. The molecule has 0 bridgehead atoms. The first-order valence-corrected chi connectivity index (χ1v) is 6.16. The molecule has 0 spiro atoms. The van der Waals surface area contributed by atoms with Gasteiger partial charge in [0.05, 0.1) is 6.04 Å². The standard InChI is InChI=1S/C12H25N3O2/c1-8(2)14-11(16)6-7-13-10(5)12(17)15-9(3)4/h8-10,13H,6-7H2,1-5H3,(H,14,16)(H,15,17). The van der Waals surface area contributed by atoms with Crippen LogP contribution >= 0.6 is 0 Å². The fourth-order valence-corrected chi connectivity index (χ4v) is 1.30. The fraction of sp³-hybridized carbons (Fsp3) is 0.833. The normalized spacial score (nSPS) is 12.6. The van der Waals surface area contributed by atoms with E-state index in [1.165, 1.54) is 0 Å². The van der Waals surface area contributed by atoms with E-state index in [0.29, 0.717) is 13.0 Å². The molecule has 100 valence electrons. The fourth-order valence-electron chi connectivity index (χ4n) is 1.30. The molecule has 5 heteroatoms. The second-order valence-electron chi connectivity index (χ2n) is 4.81. The summed E-state index contributed by atoms with van der Waals surface area (Å²) in [6.07, 6.45) is 0.386. The maximum absolute atomic E-state index is 11.5. The van der Waals surface area contributed by atoms with Gasteiger partial charge in [-0.25, -0.2) is 0 Å². The van der Waals surface area contributed by atoms with Crippen molar-refractivity contribution in [3.8, 4) is 0 Å². The lowest BCUT2D eigenvalue weighted by Gasteiger charge is -2.16. The topological polar surface area (TPSA) is 70.2 Å². The van der Waals surface area contributed by atoms with Crippen LogP contribution in [0, 0.1) is 0 Å². The Hall–Kier alpha value is -1.10. The quantitative estimate of drug-likeness (QED) is 0.606. The summed E-state index contributed by atoms with van der Waals surface area (Å²) in [5.74, 6) is -0.0340. The molecule has 0 aromatic heterocycles. The summed E-state index contributed by atoms with van der Waals surface area (Å²) < 4.78 is 0. The molecule has 0 saturated carbocycles. The van der Waals surface area contributed by atoms with Gasteiger partial charge in [0.15, 0.2) is 0 Å². The van der Waals surface area contributed by atoms with Gasteiger partial charge in [-0.15, -0.1) is 0 Å². The number of rotatable bonds is 7. The van der Waals surface area contributed by atoms with Crippen molar-refractivity contribution < 1.29 is 9.59 Å². The van der Waals surface area contributed by atoms with Crippen molar-refractivity contribution in [2.45, 2.75) is 59.2 Å². The van der Waals surface area contributed by atoms with Crippen molar-refractivity contribution >= 4 is 11.8 Å². The maximum Gasteiger partial charge on any atom is 0.237 e. The summed E-state index contributed by atoms with van der Waals surface area (Å²) in [7, 11) is 0. The lowest BCUT2D eigenvalue weighted by molar-refractivity contribution is -0.124. The molecule has 5 nitrogen and oxygen atoms in total. The molecule has 0 aromatic rings. The van der Waals surface area contributed by atoms with Crippen molar-refractivity contribution in [3.05, 3.63) is 0 Å². The largest absolute Gasteiger partial charge is 0.354 e. The average Bonchev–Trinajstić information content (AvgIpc) is 2.14.